The minimum atomic E-state index is -1.13. The van der Waals surface area contributed by atoms with Gasteiger partial charge in [-0.1, -0.05) is 48.5 Å². The number of benzene rings is 2. The van der Waals surface area contributed by atoms with E-state index in [0.717, 1.165) is 5.56 Å². The van der Waals surface area contributed by atoms with Crippen LogP contribution in [-0.2, 0) is 20.7 Å². The Hall–Kier alpha value is -3.55. The molecule has 0 bridgehead atoms. The summed E-state index contributed by atoms with van der Waals surface area (Å²) in [7, 11) is 0. The lowest BCUT2D eigenvalue weighted by Gasteiger charge is -2.38. The summed E-state index contributed by atoms with van der Waals surface area (Å²) in [6.45, 7) is 14.3. The summed E-state index contributed by atoms with van der Waals surface area (Å²) >= 11 is 0. The Morgan fingerprint density at radius 2 is 1.49 bits per heavy atom. The average Bonchev–Trinajstić information content (AvgIpc) is 2.75. The standard InChI is InChI=1S/C29H41N3O5/c1-19(2)32(24(25(34)31-28(3,4)5)21-16-12-13-17-23(21)33)26(35)22(18-20-14-10-9-11-15-20)30-27(36)37-29(6,7)8/h9-17,19,22,24,33H,18H2,1-8H3,(H,30,36)(H,31,34). The Morgan fingerprint density at radius 3 is 2.00 bits per heavy atom. The van der Waals surface area contributed by atoms with Crippen LogP contribution in [0.2, 0.25) is 0 Å². The van der Waals surface area contributed by atoms with Crippen molar-refractivity contribution >= 4 is 17.9 Å². The molecule has 37 heavy (non-hydrogen) atoms. The molecule has 0 fully saturated rings. The van der Waals surface area contributed by atoms with Crippen LogP contribution >= 0.6 is 0 Å². The van der Waals surface area contributed by atoms with E-state index < -0.39 is 47.2 Å². The van der Waals surface area contributed by atoms with Gasteiger partial charge in [0.25, 0.3) is 0 Å². The molecule has 0 aromatic heterocycles. The minimum Gasteiger partial charge on any atom is -0.508 e. The van der Waals surface area contributed by atoms with Crippen molar-refractivity contribution in [3.63, 3.8) is 0 Å². The van der Waals surface area contributed by atoms with E-state index >= 15 is 0 Å². The number of hydrogen-bond acceptors (Lipinski definition) is 5. The van der Waals surface area contributed by atoms with E-state index in [4.69, 9.17) is 4.74 Å². The molecule has 2 aromatic rings. The fraction of sp³-hybridized carbons (Fsp3) is 0.483. The average molecular weight is 512 g/mol. The first-order chi connectivity index (χ1) is 17.1. The Morgan fingerprint density at radius 1 is 0.919 bits per heavy atom. The van der Waals surface area contributed by atoms with E-state index in [1.54, 1.807) is 52.8 Å². The zero-order chi connectivity index (χ0) is 28.0. The zero-order valence-corrected chi connectivity index (χ0v) is 23.2. The third-order valence-electron chi connectivity index (χ3n) is 5.34. The van der Waals surface area contributed by atoms with Gasteiger partial charge in [0.1, 0.15) is 23.4 Å². The van der Waals surface area contributed by atoms with Gasteiger partial charge in [-0.25, -0.2) is 4.79 Å². The van der Waals surface area contributed by atoms with Crippen LogP contribution in [0.25, 0.3) is 0 Å². The summed E-state index contributed by atoms with van der Waals surface area (Å²) in [4.78, 5) is 42.0. The highest BCUT2D eigenvalue weighted by molar-refractivity contribution is 5.93. The monoisotopic (exact) mass is 511 g/mol. The molecular weight excluding hydrogens is 470 g/mol. The molecule has 2 unspecified atom stereocenters. The predicted octanol–water partition coefficient (Wildman–Crippen LogP) is 4.72. The van der Waals surface area contributed by atoms with Gasteiger partial charge < -0.3 is 25.4 Å². The van der Waals surface area contributed by atoms with Gasteiger partial charge in [-0.3, -0.25) is 9.59 Å². The number of phenols is 1. The van der Waals surface area contributed by atoms with Gasteiger partial charge in [-0.05, 0) is 67.0 Å². The third-order valence-corrected chi connectivity index (χ3v) is 5.34. The predicted molar refractivity (Wildman–Crippen MR) is 144 cm³/mol. The summed E-state index contributed by atoms with van der Waals surface area (Å²) in [6, 6.07) is 13.2. The van der Waals surface area contributed by atoms with Crippen LogP contribution < -0.4 is 10.6 Å². The SMILES string of the molecule is CC(C)N(C(=O)C(Cc1ccccc1)NC(=O)OC(C)(C)C)C(C(=O)NC(C)(C)C)c1ccccc1O. The number of para-hydroxylation sites is 1. The molecule has 2 atom stereocenters. The van der Waals surface area contributed by atoms with Crippen molar-refractivity contribution < 1.29 is 24.2 Å². The lowest BCUT2D eigenvalue weighted by atomic mass is 9.97. The number of carbonyl (C=O) groups is 3. The van der Waals surface area contributed by atoms with Gasteiger partial charge in [-0.15, -0.1) is 0 Å². The van der Waals surface area contributed by atoms with E-state index in [-0.39, 0.29) is 12.2 Å². The van der Waals surface area contributed by atoms with E-state index in [1.165, 1.54) is 11.0 Å². The lowest BCUT2D eigenvalue weighted by molar-refractivity contribution is -0.145. The third kappa shape index (κ3) is 9.12. The van der Waals surface area contributed by atoms with E-state index in [2.05, 4.69) is 10.6 Å². The molecule has 0 aliphatic rings. The van der Waals surface area contributed by atoms with Crippen LogP contribution in [0.4, 0.5) is 4.79 Å². The highest BCUT2D eigenvalue weighted by atomic mass is 16.6. The number of alkyl carbamates (subject to hydrolysis) is 1. The van der Waals surface area contributed by atoms with Crippen LogP contribution in [0, 0.1) is 0 Å². The zero-order valence-electron chi connectivity index (χ0n) is 23.2. The molecule has 8 nitrogen and oxygen atoms in total. The highest BCUT2D eigenvalue weighted by Crippen LogP contribution is 2.32. The van der Waals surface area contributed by atoms with Gasteiger partial charge in [0.2, 0.25) is 11.8 Å². The Balaban J connectivity index is 2.56. The number of carbonyl (C=O) groups excluding carboxylic acids is 3. The number of nitrogens with zero attached hydrogens (tertiary/aromatic N) is 1. The van der Waals surface area contributed by atoms with Gasteiger partial charge >= 0.3 is 6.09 Å². The van der Waals surface area contributed by atoms with Gasteiger partial charge in [-0.2, -0.15) is 0 Å². The van der Waals surface area contributed by atoms with Crippen molar-refractivity contribution in [2.75, 3.05) is 0 Å². The Labute approximate surface area is 220 Å². The van der Waals surface area contributed by atoms with Crippen molar-refractivity contribution in [2.45, 2.75) is 91.1 Å². The van der Waals surface area contributed by atoms with Crippen molar-refractivity contribution in [1.82, 2.24) is 15.5 Å². The lowest BCUT2D eigenvalue weighted by Crippen LogP contribution is -2.57. The maximum absolute atomic E-state index is 14.2. The maximum Gasteiger partial charge on any atom is 0.408 e. The van der Waals surface area contributed by atoms with E-state index in [0.29, 0.717) is 5.56 Å². The van der Waals surface area contributed by atoms with Crippen LogP contribution in [0.1, 0.15) is 72.6 Å². The molecule has 2 rings (SSSR count). The number of aromatic hydroxyl groups is 1. The fourth-order valence-electron chi connectivity index (χ4n) is 3.93. The van der Waals surface area contributed by atoms with Gasteiger partial charge in [0.15, 0.2) is 0 Å². The quantitative estimate of drug-likeness (QED) is 0.475. The first-order valence-corrected chi connectivity index (χ1v) is 12.5. The highest BCUT2D eigenvalue weighted by Gasteiger charge is 2.39. The Bertz CT molecular complexity index is 1070. The van der Waals surface area contributed by atoms with Crippen molar-refractivity contribution in [1.29, 1.82) is 0 Å². The van der Waals surface area contributed by atoms with E-state index in [1.807, 2.05) is 51.1 Å². The molecule has 0 heterocycles. The van der Waals surface area contributed by atoms with Gasteiger partial charge in [0.05, 0.1) is 0 Å². The molecule has 202 valence electrons. The number of hydrogen-bond donors (Lipinski definition) is 3. The van der Waals surface area contributed by atoms with Crippen LogP contribution in [0.5, 0.6) is 5.75 Å². The number of ether oxygens (including phenoxy) is 1. The first-order valence-electron chi connectivity index (χ1n) is 12.5. The number of phenolic OH excluding ortho intramolecular Hbond substituents is 1. The summed E-state index contributed by atoms with van der Waals surface area (Å²) in [5.41, 5.74) is -0.211. The fourth-order valence-corrected chi connectivity index (χ4v) is 3.93. The second kappa shape index (κ2) is 12.1. The summed E-state index contributed by atoms with van der Waals surface area (Å²) in [6.07, 6.45) is -0.542. The molecule has 0 saturated heterocycles. The first kappa shape index (κ1) is 29.7. The topological polar surface area (TPSA) is 108 Å². The summed E-state index contributed by atoms with van der Waals surface area (Å²) in [5.74, 6) is -1.01. The summed E-state index contributed by atoms with van der Waals surface area (Å²) in [5, 5.41) is 16.3. The second-order valence-electron chi connectivity index (χ2n) is 11.4. The minimum absolute atomic E-state index is 0.102. The molecule has 3 N–H and O–H groups in total. The van der Waals surface area contributed by atoms with Crippen molar-refractivity contribution in [3.05, 3.63) is 65.7 Å². The molecule has 0 spiro atoms. The molecule has 0 aliphatic carbocycles. The number of amides is 3. The molecule has 3 amide bonds. The van der Waals surface area contributed by atoms with Crippen LogP contribution in [-0.4, -0.2) is 51.1 Å². The molecule has 0 radical (unpaired) electrons. The summed E-state index contributed by atoms with van der Waals surface area (Å²) < 4.78 is 5.43. The number of rotatable bonds is 8. The molecule has 0 aliphatic heterocycles. The van der Waals surface area contributed by atoms with Crippen LogP contribution in [0.3, 0.4) is 0 Å². The largest absolute Gasteiger partial charge is 0.508 e. The molecule has 2 aromatic carbocycles. The smallest absolute Gasteiger partial charge is 0.408 e. The molecule has 8 heteroatoms. The van der Waals surface area contributed by atoms with Crippen molar-refractivity contribution in [2.24, 2.45) is 0 Å². The second-order valence-corrected chi connectivity index (χ2v) is 11.4. The van der Waals surface area contributed by atoms with Crippen LogP contribution in [0.15, 0.2) is 54.6 Å². The van der Waals surface area contributed by atoms with E-state index in [9.17, 15) is 19.5 Å². The molecule has 0 saturated carbocycles. The van der Waals surface area contributed by atoms with Gasteiger partial charge in [0, 0.05) is 23.6 Å². The maximum atomic E-state index is 14.2. The molecular formula is C29H41N3O5. The Kier molecular flexibility index (Phi) is 9.73. The normalized spacial score (nSPS) is 13.4. The van der Waals surface area contributed by atoms with Crippen molar-refractivity contribution in [3.8, 4) is 5.75 Å². The number of nitrogens with one attached hydrogen (secondary N) is 2.